The molecule has 1 N–H and O–H groups in total. The fourth-order valence-corrected chi connectivity index (χ4v) is 3.03. The lowest BCUT2D eigenvalue weighted by molar-refractivity contribution is -0.0429. The highest BCUT2D eigenvalue weighted by atomic mass is 28.4. The molecule has 16 heavy (non-hydrogen) atoms. The molecule has 0 radical (unpaired) electrons. The third-order valence-corrected chi connectivity index (χ3v) is 8.31. The van der Waals surface area contributed by atoms with Gasteiger partial charge in [-0.2, -0.15) is 0 Å². The molecule has 0 bridgehead atoms. The number of aliphatic hydroxyl groups excluding tert-OH is 1. The lowest BCUT2D eigenvalue weighted by Crippen LogP contribution is -2.47. The van der Waals surface area contributed by atoms with Crippen LogP contribution in [0.15, 0.2) is 0 Å². The van der Waals surface area contributed by atoms with Crippen LogP contribution in [0, 0.1) is 5.92 Å². The first kappa shape index (κ1) is 14.2. The Balaban J connectivity index is 2.53. The average molecular weight is 246 g/mol. The van der Waals surface area contributed by atoms with Gasteiger partial charge in [0.2, 0.25) is 0 Å². The molecule has 2 atom stereocenters. The molecule has 1 heterocycles. The normalized spacial score (nSPS) is 28.1. The third kappa shape index (κ3) is 3.55. The van der Waals surface area contributed by atoms with Gasteiger partial charge in [-0.15, -0.1) is 0 Å². The van der Waals surface area contributed by atoms with Crippen LogP contribution in [-0.4, -0.2) is 39.3 Å². The maximum Gasteiger partial charge on any atom is 0.192 e. The Bertz CT molecular complexity index is 223. The predicted molar refractivity (Wildman–Crippen MR) is 68.1 cm³/mol. The van der Waals surface area contributed by atoms with E-state index in [9.17, 15) is 0 Å². The summed E-state index contributed by atoms with van der Waals surface area (Å²) >= 11 is 0. The maximum absolute atomic E-state index is 9.14. The molecule has 4 heteroatoms. The van der Waals surface area contributed by atoms with Crippen LogP contribution < -0.4 is 0 Å². The quantitative estimate of drug-likeness (QED) is 0.777. The van der Waals surface area contributed by atoms with Crippen LogP contribution in [0.1, 0.15) is 27.2 Å². The smallest absolute Gasteiger partial charge is 0.192 e. The number of rotatable bonds is 3. The van der Waals surface area contributed by atoms with Gasteiger partial charge in [0.15, 0.2) is 8.32 Å². The van der Waals surface area contributed by atoms with Crippen molar-refractivity contribution in [1.82, 2.24) is 0 Å². The van der Waals surface area contributed by atoms with Crippen LogP contribution in [0.3, 0.4) is 0 Å². The largest absolute Gasteiger partial charge is 0.412 e. The first-order valence-electron chi connectivity index (χ1n) is 6.12. The molecule has 1 rings (SSSR count). The summed E-state index contributed by atoms with van der Waals surface area (Å²) in [6.45, 7) is 12.8. The lowest BCUT2D eigenvalue weighted by Gasteiger charge is -2.41. The Labute approximate surface area is 100 Å². The second-order valence-electron chi connectivity index (χ2n) is 6.32. The van der Waals surface area contributed by atoms with Gasteiger partial charge in [-0.3, -0.25) is 0 Å². The monoisotopic (exact) mass is 246 g/mol. The molecule has 0 amide bonds. The minimum Gasteiger partial charge on any atom is -0.412 e. The van der Waals surface area contributed by atoms with Gasteiger partial charge in [0, 0.05) is 12.5 Å². The van der Waals surface area contributed by atoms with E-state index in [4.69, 9.17) is 14.3 Å². The van der Waals surface area contributed by atoms with Crippen molar-refractivity contribution in [2.75, 3.05) is 19.8 Å². The molecular weight excluding hydrogens is 220 g/mol. The highest BCUT2D eigenvalue weighted by Crippen LogP contribution is 2.38. The van der Waals surface area contributed by atoms with Crippen LogP contribution in [0.25, 0.3) is 0 Å². The fourth-order valence-electron chi connectivity index (χ4n) is 1.68. The molecule has 0 spiro atoms. The first-order valence-corrected chi connectivity index (χ1v) is 9.03. The molecule has 0 aromatic rings. The molecule has 0 unspecified atom stereocenters. The fraction of sp³-hybridized carbons (Fsp3) is 1.00. The summed E-state index contributed by atoms with van der Waals surface area (Å²) < 4.78 is 11.8. The van der Waals surface area contributed by atoms with E-state index >= 15 is 0 Å². The van der Waals surface area contributed by atoms with Gasteiger partial charge >= 0.3 is 0 Å². The van der Waals surface area contributed by atoms with Gasteiger partial charge in [-0.05, 0) is 24.6 Å². The SMILES string of the molecule is CC(C)(C)[Si](C)(C)O[C@H]1COC[C@@H](CO)C1. The van der Waals surface area contributed by atoms with E-state index in [2.05, 4.69) is 33.9 Å². The van der Waals surface area contributed by atoms with Crippen molar-refractivity contribution in [3.8, 4) is 0 Å². The van der Waals surface area contributed by atoms with Crippen molar-refractivity contribution in [1.29, 1.82) is 0 Å². The zero-order valence-corrected chi connectivity index (χ0v) is 12.2. The molecule has 1 saturated heterocycles. The van der Waals surface area contributed by atoms with Gasteiger partial charge in [-0.1, -0.05) is 20.8 Å². The molecule has 0 saturated carbocycles. The van der Waals surface area contributed by atoms with Gasteiger partial charge in [0.1, 0.15) is 0 Å². The molecule has 96 valence electrons. The summed E-state index contributed by atoms with van der Waals surface area (Å²) in [6.07, 6.45) is 1.11. The van der Waals surface area contributed by atoms with Gasteiger partial charge < -0.3 is 14.3 Å². The standard InChI is InChI=1S/C12H26O3Si/c1-12(2,3)16(4,5)15-11-6-10(7-13)8-14-9-11/h10-11,13H,6-9H2,1-5H3/t10-,11-/m1/s1. The van der Waals surface area contributed by atoms with Crippen LogP contribution in [0.4, 0.5) is 0 Å². The molecule has 0 aromatic heterocycles. The predicted octanol–water partition coefficient (Wildman–Crippen LogP) is 2.41. The summed E-state index contributed by atoms with van der Waals surface area (Å²) in [5.74, 6) is 0.253. The molecule has 1 fully saturated rings. The lowest BCUT2D eigenvalue weighted by atomic mass is 10.0. The maximum atomic E-state index is 9.14. The van der Waals surface area contributed by atoms with Crippen molar-refractivity contribution in [3.05, 3.63) is 0 Å². The molecule has 3 nitrogen and oxygen atoms in total. The van der Waals surface area contributed by atoms with Gasteiger partial charge in [0.25, 0.3) is 0 Å². The van der Waals surface area contributed by atoms with Gasteiger partial charge in [-0.25, -0.2) is 0 Å². The van der Waals surface area contributed by atoms with Crippen molar-refractivity contribution in [2.45, 2.75) is 51.4 Å². The highest BCUT2D eigenvalue weighted by Gasteiger charge is 2.40. The second kappa shape index (κ2) is 5.17. The van der Waals surface area contributed by atoms with E-state index in [0.717, 1.165) is 6.42 Å². The Morgan fingerprint density at radius 3 is 2.44 bits per heavy atom. The molecular formula is C12H26O3Si. The van der Waals surface area contributed by atoms with E-state index in [1.165, 1.54) is 0 Å². The van der Waals surface area contributed by atoms with E-state index < -0.39 is 8.32 Å². The molecule has 1 aliphatic rings. The summed E-state index contributed by atoms with van der Waals surface area (Å²) in [5, 5.41) is 9.38. The topological polar surface area (TPSA) is 38.7 Å². The Kier molecular flexibility index (Phi) is 4.57. The van der Waals surface area contributed by atoms with Gasteiger partial charge in [0.05, 0.1) is 19.3 Å². The summed E-state index contributed by atoms with van der Waals surface area (Å²) in [7, 11) is -1.70. The van der Waals surface area contributed by atoms with E-state index in [-0.39, 0.29) is 23.7 Å². The third-order valence-electron chi connectivity index (χ3n) is 3.78. The molecule has 0 aromatic carbocycles. The Morgan fingerprint density at radius 2 is 1.94 bits per heavy atom. The summed E-state index contributed by atoms with van der Waals surface area (Å²) in [4.78, 5) is 0. The van der Waals surface area contributed by atoms with Crippen LogP contribution in [0.2, 0.25) is 18.1 Å². The zero-order chi connectivity index (χ0) is 12.4. The van der Waals surface area contributed by atoms with Crippen molar-refractivity contribution in [3.63, 3.8) is 0 Å². The van der Waals surface area contributed by atoms with E-state index in [0.29, 0.717) is 13.2 Å². The minimum atomic E-state index is -1.70. The van der Waals surface area contributed by atoms with Crippen LogP contribution in [-0.2, 0) is 9.16 Å². The Hall–Kier alpha value is 0.0969. The molecule has 0 aliphatic carbocycles. The van der Waals surface area contributed by atoms with E-state index in [1.54, 1.807) is 0 Å². The highest BCUT2D eigenvalue weighted by molar-refractivity contribution is 6.74. The van der Waals surface area contributed by atoms with Crippen molar-refractivity contribution < 1.29 is 14.3 Å². The van der Waals surface area contributed by atoms with Crippen LogP contribution in [0.5, 0.6) is 0 Å². The number of hydrogen-bond donors (Lipinski definition) is 1. The van der Waals surface area contributed by atoms with Crippen molar-refractivity contribution >= 4 is 8.32 Å². The summed E-state index contributed by atoms with van der Waals surface area (Å²) in [5.41, 5.74) is 0. The van der Waals surface area contributed by atoms with Crippen molar-refractivity contribution in [2.24, 2.45) is 5.92 Å². The first-order chi connectivity index (χ1) is 7.26. The second-order valence-corrected chi connectivity index (χ2v) is 11.1. The minimum absolute atomic E-state index is 0.173. The Morgan fingerprint density at radius 1 is 1.31 bits per heavy atom. The summed E-state index contributed by atoms with van der Waals surface area (Å²) in [6, 6.07) is 0. The number of hydrogen-bond acceptors (Lipinski definition) is 3. The molecule has 1 aliphatic heterocycles. The van der Waals surface area contributed by atoms with Crippen LogP contribution >= 0.6 is 0 Å². The number of ether oxygens (including phenoxy) is 1. The van der Waals surface area contributed by atoms with E-state index in [1.807, 2.05) is 0 Å². The zero-order valence-electron chi connectivity index (χ0n) is 11.2. The number of aliphatic hydroxyl groups is 1. The average Bonchev–Trinajstić information content (AvgIpc) is 2.15.